The molecule has 0 unspecified atom stereocenters. The number of carbonyl (C=O) groups excluding carboxylic acids is 1. The first-order chi connectivity index (χ1) is 6.85. The first-order valence-corrected chi connectivity index (χ1v) is 4.82. The first-order valence-electron chi connectivity index (χ1n) is 4.82. The van der Waals surface area contributed by atoms with Gasteiger partial charge < -0.3 is 0 Å². The number of aldehydes is 1. The Balaban J connectivity index is 2.79. The van der Waals surface area contributed by atoms with Crippen molar-refractivity contribution in [2.45, 2.75) is 13.3 Å². The summed E-state index contributed by atoms with van der Waals surface area (Å²) in [4.78, 5) is 10.9. The Kier molecular flexibility index (Phi) is 2.32. The number of hydrogen-bond acceptors (Lipinski definition) is 1. The van der Waals surface area contributed by atoms with Crippen LogP contribution in [0.5, 0.6) is 0 Å². The van der Waals surface area contributed by atoms with Crippen molar-refractivity contribution in [2.24, 2.45) is 0 Å². The van der Waals surface area contributed by atoms with Crippen LogP contribution >= 0.6 is 0 Å². The summed E-state index contributed by atoms with van der Waals surface area (Å²) in [6, 6.07) is 12.1. The molecule has 1 nitrogen and oxygen atoms in total. The first kappa shape index (κ1) is 8.95. The Morgan fingerprint density at radius 2 is 2.00 bits per heavy atom. The molecule has 0 amide bonds. The lowest BCUT2D eigenvalue weighted by Gasteiger charge is -2.04. The van der Waals surface area contributed by atoms with Crippen LogP contribution < -0.4 is 0 Å². The maximum atomic E-state index is 10.9. The van der Waals surface area contributed by atoms with E-state index in [2.05, 4.69) is 13.0 Å². The van der Waals surface area contributed by atoms with Crippen molar-refractivity contribution in [3.8, 4) is 0 Å². The third-order valence-electron chi connectivity index (χ3n) is 2.49. The molecule has 0 saturated carbocycles. The van der Waals surface area contributed by atoms with Gasteiger partial charge in [0, 0.05) is 5.56 Å². The Morgan fingerprint density at radius 3 is 2.71 bits per heavy atom. The van der Waals surface area contributed by atoms with Gasteiger partial charge in [-0.15, -0.1) is 0 Å². The third-order valence-corrected chi connectivity index (χ3v) is 2.49. The minimum atomic E-state index is 0.792. The highest BCUT2D eigenvalue weighted by molar-refractivity contribution is 5.98. The van der Waals surface area contributed by atoms with E-state index in [1.807, 2.05) is 30.3 Å². The molecule has 2 rings (SSSR count). The lowest BCUT2D eigenvalue weighted by molar-refractivity contribution is 0.112. The molecule has 0 bridgehead atoms. The molecule has 0 heterocycles. The summed E-state index contributed by atoms with van der Waals surface area (Å²) in [5.74, 6) is 0. The van der Waals surface area contributed by atoms with Crippen molar-refractivity contribution in [1.82, 2.24) is 0 Å². The van der Waals surface area contributed by atoms with E-state index in [-0.39, 0.29) is 0 Å². The van der Waals surface area contributed by atoms with E-state index in [0.717, 1.165) is 29.0 Å². The molecule has 0 aliphatic carbocycles. The van der Waals surface area contributed by atoms with Gasteiger partial charge in [0.1, 0.15) is 0 Å². The average Bonchev–Trinajstić information content (AvgIpc) is 2.27. The van der Waals surface area contributed by atoms with Crippen molar-refractivity contribution in [2.75, 3.05) is 0 Å². The predicted octanol–water partition coefficient (Wildman–Crippen LogP) is 3.21. The molecule has 14 heavy (non-hydrogen) atoms. The Labute approximate surface area is 83.4 Å². The number of fused-ring (bicyclic) bond motifs is 1. The van der Waals surface area contributed by atoms with Gasteiger partial charge in [0.25, 0.3) is 0 Å². The van der Waals surface area contributed by atoms with E-state index in [9.17, 15) is 4.79 Å². The van der Waals surface area contributed by atoms with Crippen LogP contribution in [-0.4, -0.2) is 6.29 Å². The fraction of sp³-hybridized carbons (Fsp3) is 0.154. The molecular weight excluding hydrogens is 172 g/mol. The molecule has 0 N–H and O–H groups in total. The number of hydrogen-bond donors (Lipinski definition) is 0. The van der Waals surface area contributed by atoms with E-state index in [0.29, 0.717) is 0 Å². The molecule has 2 aromatic carbocycles. The van der Waals surface area contributed by atoms with Gasteiger partial charge in [-0.25, -0.2) is 0 Å². The number of rotatable bonds is 2. The van der Waals surface area contributed by atoms with E-state index < -0.39 is 0 Å². The molecule has 0 atom stereocenters. The van der Waals surface area contributed by atoms with Gasteiger partial charge >= 0.3 is 0 Å². The second-order valence-corrected chi connectivity index (χ2v) is 3.38. The number of benzene rings is 2. The minimum absolute atomic E-state index is 0.792. The van der Waals surface area contributed by atoms with Crippen LogP contribution in [-0.2, 0) is 6.42 Å². The quantitative estimate of drug-likeness (QED) is 0.655. The van der Waals surface area contributed by atoms with Crippen molar-refractivity contribution in [3.63, 3.8) is 0 Å². The SMILES string of the molecule is CCc1cc(C=O)c2ccccc2c1. The number of carbonyl (C=O) groups is 1. The van der Waals surface area contributed by atoms with Crippen LogP contribution in [0.15, 0.2) is 36.4 Å². The van der Waals surface area contributed by atoms with Crippen LogP contribution in [0.4, 0.5) is 0 Å². The zero-order valence-electron chi connectivity index (χ0n) is 8.16. The summed E-state index contributed by atoms with van der Waals surface area (Å²) in [5.41, 5.74) is 2.01. The molecular formula is C13H12O. The van der Waals surface area contributed by atoms with Crippen molar-refractivity contribution >= 4 is 17.1 Å². The largest absolute Gasteiger partial charge is 0.298 e. The highest BCUT2D eigenvalue weighted by Gasteiger charge is 2.01. The van der Waals surface area contributed by atoms with Crippen LogP contribution in [0.25, 0.3) is 10.8 Å². The molecule has 0 fully saturated rings. The van der Waals surface area contributed by atoms with Crippen LogP contribution in [0, 0.1) is 0 Å². The standard InChI is InChI=1S/C13H12O/c1-2-10-7-11-5-3-4-6-13(11)12(8-10)9-14/h3-9H,2H2,1H3. The van der Waals surface area contributed by atoms with Gasteiger partial charge in [-0.05, 0) is 28.8 Å². The predicted molar refractivity (Wildman–Crippen MR) is 58.7 cm³/mol. The summed E-state index contributed by atoms with van der Waals surface area (Å²) in [7, 11) is 0. The maximum absolute atomic E-state index is 10.9. The molecule has 0 saturated heterocycles. The summed E-state index contributed by atoms with van der Waals surface area (Å²) < 4.78 is 0. The highest BCUT2D eigenvalue weighted by atomic mass is 16.1. The van der Waals surface area contributed by atoms with Crippen LogP contribution in [0.1, 0.15) is 22.8 Å². The van der Waals surface area contributed by atoms with Crippen molar-refractivity contribution in [3.05, 3.63) is 47.5 Å². The van der Waals surface area contributed by atoms with E-state index in [1.54, 1.807) is 0 Å². The third kappa shape index (κ3) is 1.41. The minimum Gasteiger partial charge on any atom is -0.298 e. The zero-order chi connectivity index (χ0) is 9.97. The molecule has 1 heteroatoms. The average molecular weight is 184 g/mol. The van der Waals surface area contributed by atoms with Gasteiger partial charge in [-0.3, -0.25) is 4.79 Å². The second kappa shape index (κ2) is 3.62. The summed E-state index contributed by atoms with van der Waals surface area (Å²) in [6.07, 6.45) is 1.90. The van der Waals surface area contributed by atoms with Crippen molar-refractivity contribution in [1.29, 1.82) is 0 Å². The molecule has 0 radical (unpaired) electrons. The normalized spacial score (nSPS) is 10.4. The Morgan fingerprint density at radius 1 is 1.21 bits per heavy atom. The molecule has 0 aliphatic heterocycles. The highest BCUT2D eigenvalue weighted by Crippen LogP contribution is 2.20. The summed E-state index contributed by atoms with van der Waals surface area (Å²) >= 11 is 0. The number of aryl methyl sites for hydroxylation is 1. The topological polar surface area (TPSA) is 17.1 Å². The van der Waals surface area contributed by atoms with Crippen LogP contribution in [0.2, 0.25) is 0 Å². The van der Waals surface area contributed by atoms with E-state index in [1.165, 1.54) is 5.56 Å². The summed E-state index contributed by atoms with van der Waals surface area (Å²) in [5, 5.41) is 2.19. The lowest BCUT2D eigenvalue weighted by Crippen LogP contribution is -1.88. The van der Waals surface area contributed by atoms with Gasteiger partial charge in [0.15, 0.2) is 6.29 Å². The fourth-order valence-corrected chi connectivity index (χ4v) is 1.71. The zero-order valence-corrected chi connectivity index (χ0v) is 8.16. The summed E-state index contributed by atoms with van der Waals surface area (Å²) in [6.45, 7) is 2.10. The van der Waals surface area contributed by atoms with Crippen LogP contribution in [0.3, 0.4) is 0 Å². The molecule has 0 spiro atoms. The molecule has 0 aliphatic rings. The maximum Gasteiger partial charge on any atom is 0.150 e. The fourth-order valence-electron chi connectivity index (χ4n) is 1.71. The Hall–Kier alpha value is -1.63. The van der Waals surface area contributed by atoms with E-state index in [4.69, 9.17) is 0 Å². The molecule has 2 aromatic rings. The molecule has 70 valence electrons. The van der Waals surface area contributed by atoms with Gasteiger partial charge in [0.2, 0.25) is 0 Å². The smallest absolute Gasteiger partial charge is 0.150 e. The van der Waals surface area contributed by atoms with Gasteiger partial charge in [-0.2, -0.15) is 0 Å². The molecule has 0 aromatic heterocycles. The van der Waals surface area contributed by atoms with E-state index >= 15 is 0 Å². The van der Waals surface area contributed by atoms with Crippen molar-refractivity contribution < 1.29 is 4.79 Å². The second-order valence-electron chi connectivity index (χ2n) is 3.38. The van der Waals surface area contributed by atoms with Gasteiger partial charge in [-0.1, -0.05) is 37.3 Å². The van der Waals surface area contributed by atoms with Gasteiger partial charge in [0.05, 0.1) is 0 Å². The monoisotopic (exact) mass is 184 g/mol. The lowest BCUT2D eigenvalue weighted by atomic mass is 10.0. The Bertz CT molecular complexity index is 472.